The van der Waals surface area contributed by atoms with Crippen LogP contribution >= 0.6 is 0 Å². The molecule has 3 amide bonds. The van der Waals surface area contributed by atoms with Crippen molar-refractivity contribution in [1.29, 1.82) is 0 Å². The van der Waals surface area contributed by atoms with Crippen molar-refractivity contribution in [3.8, 4) is 0 Å². The maximum Gasteiger partial charge on any atom is 0.407 e. The van der Waals surface area contributed by atoms with Crippen LogP contribution in [0.25, 0.3) is 0 Å². The van der Waals surface area contributed by atoms with E-state index in [2.05, 4.69) is 15.7 Å². The summed E-state index contributed by atoms with van der Waals surface area (Å²) >= 11 is 0. The number of aryl methyl sites for hydroxylation is 1. The summed E-state index contributed by atoms with van der Waals surface area (Å²) in [7, 11) is 1.88. The number of nitrogens with zero attached hydrogens (tertiary/aromatic N) is 3. The molecule has 1 aromatic rings. The molecular weight excluding hydrogens is 298 g/mol. The fraction of sp³-hybridized carbons (Fsp3) is 0.667. The van der Waals surface area contributed by atoms with Crippen molar-refractivity contribution in [3.05, 3.63) is 17.5 Å². The Morgan fingerprint density at radius 2 is 2.17 bits per heavy atom. The molecule has 1 aromatic heterocycles. The Balaban J connectivity index is 1.55. The molecule has 126 valence electrons. The lowest BCUT2D eigenvalue weighted by molar-refractivity contribution is 0.00959. The number of likely N-dealkylation sites (tertiary alicyclic amines) is 1. The summed E-state index contributed by atoms with van der Waals surface area (Å²) in [5.41, 5.74) is 1.63. The van der Waals surface area contributed by atoms with Gasteiger partial charge in [-0.05, 0) is 13.8 Å². The van der Waals surface area contributed by atoms with Crippen molar-refractivity contribution < 1.29 is 14.3 Å². The molecule has 3 heterocycles. The van der Waals surface area contributed by atoms with Gasteiger partial charge in [0.2, 0.25) is 0 Å². The third-order valence-corrected chi connectivity index (χ3v) is 4.91. The molecule has 23 heavy (non-hydrogen) atoms. The lowest BCUT2D eigenvalue weighted by atomic mass is 9.92. The Bertz CT molecular complexity index is 619. The van der Waals surface area contributed by atoms with E-state index in [-0.39, 0.29) is 18.2 Å². The van der Waals surface area contributed by atoms with Gasteiger partial charge in [0, 0.05) is 44.2 Å². The number of amides is 3. The fourth-order valence-corrected chi connectivity index (χ4v) is 3.19. The number of aromatic nitrogens is 2. The van der Waals surface area contributed by atoms with E-state index in [0.717, 1.165) is 11.3 Å². The van der Waals surface area contributed by atoms with Gasteiger partial charge in [0.15, 0.2) is 0 Å². The minimum absolute atomic E-state index is 0.0899. The normalized spacial score (nSPS) is 21.0. The standard InChI is InChI=1S/C15H23N5O3/c1-10(12-8-17-19(3)11(12)2)18-13(21)20-6-4-15(5-7-20)9-16-14(22)23-15/h8,10H,4-7,9H2,1-3H3,(H,16,22)(H,18,21)/t10-/m1/s1. The van der Waals surface area contributed by atoms with Crippen LogP contribution in [-0.2, 0) is 11.8 Å². The predicted octanol–water partition coefficient (Wildman–Crippen LogP) is 1.07. The molecule has 1 spiro atoms. The first kappa shape index (κ1) is 15.6. The lowest BCUT2D eigenvalue weighted by Crippen LogP contribution is -2.51. The van der Waals surface area contributed by atoms with E-state index < -0.39 is 5.60 Å². The van der Waals surface area contributed by atoms with Gasteiger partial charge in [-0.15, -0.1) is 0 Å². The second kappa shape index (κ2) is 5.75. The molecule has 0 aliphatic carbocycles. The van der Waals surface area contributed by atoms with Gasteiger partial charge < -0.3 is 20.3 Å². The van der Waals surface area contributed by atoms with E-state index in [1.54, 1.807) is 15.8 Å². The van der Waals surface area contributed by atoms with Gasteiger partial charge in [-0.2, -0.15) is 5.10 Å². The van der Waals surface area contributed by atoms with E-state index in [1.807, 2.05) is 20.9 Å². The second-order valence-electron chi connectivity index (χ2n) is 6.39. The van der Waals surface area contributed by atoms with Gasteiger partial charge in [0.05, 0.1) is 18.8 Å². The quantitative estimate of drug-likeness (QED) is 0.853. The number of carbonyl (C=O) groups is 2. The Hall–Kier alpha value is -2.25. The number of alkyl carbamates (subject to hydrolysis) is 1. The average Bonchev–Trinajstić information content (AvgIpc) is 3.04. The van der Waals surface area contributed by atoms with E-state index >= 15 is 0 Å². The van der Waals surface area contributed by atoms with E-state index in [0.29, 0.717) is 32.5 Å². The zero-order valence-corrected chi connectivity index (χ0v) is 13.8. The third kappa shape index (κ3) is 2.97. The summed E-state index contributed by atoms with van der Waals surface area (Å²) < 4.78 is 7.16. The molecule has 8 nitrogen and oxygen atoms in total. The first-order chi connectivity index (χ1) is 10.9. The minimum Gasteiger partial charge on any atom is -0.441 e. The lowest BCUT2D eigenvalue weighted by Gasteiger charge is -2.37. The highest BCUT2D eigenvalue weighted by Crippen LogP contribution is 2.29. The van der Waals surface area contributed by atoms with Crippen LogP contribution in [0.1, 0.15) is 37.1 Å². The highest BCUT2D eigenvalue weighted by atomic mass is 16.6. The zero-order chi connectivity index (χ0) is 16.6. The Labute approximate surface area is 135 Å². The van der Waals surface area contributed by atoms with Gasteiger partial charge in [-0.3, -0.25) is 4.68 Å². The number of ether oxygens (including phenoxy) is 1. The molecule has 0 aromatic carbocycles. The molecule has 2 aliphatic heterocycles. The predicted molar refractivity (Wildman–Crippen MR) is 82.9 cm³/mol. The zero-order valence-electron chi connectivity index (χ0n) is 13.8. The SMILES string of the molecule is Cc1c([C@@H](C)NC(=O)N2CCC3(CC2)CNC(=O)O3)cnn1C. The highest BCUT2D eigenvalue weighted by Gasteiger charge is 2.43. The Kier molecular flexibility index (Phi) is 3.91. The van der Waals surface area contributed by atoms with Crippen LogP contribution in [0.5, 0.6) is 0 Å². The van der Waals surface area contributed by atoms with E-state index in [1.165, 1.54) is 0 Å². The maximum atomic E-state index is 12.4. The fourth-order valence-electron chi connectivity index (χ4n) is 3.19. The van der Waals surface area contributed by atoms with Crippen molar-refractivity contribution in [2.24, 2.45) is 7.05 Å². The maximum absolute atomic E-state index is 12.4. The molecule has 3 rings (SSSR count). The molecule has 0 unspecified atom stereocenters. The number of piperidine rings is 1. The van der Waals surface area contributed by atoms with Gasteiger partial charge in [0.1, 0.15) is 5.60 Å². The first-order valence-corrected chi connectivity index (χ1v) is 7.91. The van der Waals surface area contributed by atoms with Gasteiger partial charge in [0.25, 0.3) is 0 Å². The van der Waals surface area contributed by atoms with Crippen molar-refractivity contribution in [2.75, 3.05) is 19.6 Å². The molecule has 0 saturated carbocycles. The number of hydrogen-bond acceptors (Lipinski definition) is 4. The summed E-state index contributed by atoms with van der Waals surface area (Å²) in [5.74, 6) is 0. The van der Waals surface area contributed by atoms with Gasteiger partial charge in [-0.25, -0.2) is 9.59 Å². The van der Waals surface area contributed by atoms with Crippen molar-refractivity contribution in [2.45, 2.75) is 38.3 Å². The summed E-state index contributed by atoms with van der Waals surface area (Å²) in [6.07, 6.45) is 2.76. The molecule has 2 N–H and O–H groups in total. The van der Waals surface area contributed by atoms with Crippen LogP contribution < -0.4 is 10.6 Å². The van der Waals surface area contributed by atoms with Crippen LogP contribution in [0.4, 0.5) is 9.59 Å². The number of hydrogen-bond donors (Lipinski definition) is 2. The van der Waals surface area contributed by atoms with Crippen molar-refractivity contribution >= 4 is 12.1 Å². The largest absolute Gasteiger partial charge is 0.441 e. The molecular formula is C15H23N5O3. The molecule has 1 atom stereocenters. The summed E-state index contributed by atoms with van der Waals surface area (Å²) in [6.45, 7) is 5.64. The minimum atomic E-state index is -0.431. The Morgan fingerprint density at radius 1 is 1.48 bits per heavy atom. The molecule has 2 fully saturated rings. The van der Waals surface area contributed by atoms with Crippen LogP contribution in [0.15, 0.2) is 6.20 Å². The van der Waals surface area contributed by atoms with Crippen molar-refractivity contribution in [3.63, 3.8) is 0 Å². The Morgan fingerprint density at radius 3 is 2.70 bits per heavy atom. The van der Waals surface area contributed by atoms with Crippen LogP contribution in [0.3, 0.4) is 0 Å². The van der Waals surface area contributed by atoms with Gasteiger partial charge in [-0.1, -0.05) is 0 Å². The average molecular weight is 321 g/mol. The summed E-state index contributed by atoms with van der Waals surface area (Å²) in [5, 5.41) is 9.92. The first-order valence-electron chi connectivity index (χ1n) is 7.91. The molecule has 2 saturated heterocycles. The topological polar surface area (TPSA) is 88.5 Å². The third-order valence-electron chi connectivity index (χ3n) is 4.91. The van der Waals surface area contributed by atoms with Crippen molar-refractivity contribution in [1.82, 2.24) is 25.3 Å². The number of carbonyl (C=O) groups excluding carboxylic acids is 2. The molecule has 0 bridgehead atoms. The van der Waals surface area contributed by atoms with Crippen LogP contribution in [0.2, 0.25) is 0 Å². The van der Waals surface area contributed by atoms with Crippen LogP contribution in [-0.4, -0.2) is 52.0 Å². The van der Waals surface area contributed by atoms with Crippen LogP contribution in [0, 0.1) is 6.92 Å². The second-order valence-corrected chi connectivity index (χ2v) is 6.39. The summed E-state index contributed by atoms with van der Waals surface area (Å²) in [4.78, 5) is 25.4. The number of urea groups is 1. The number of rotatable bonds is 2. The molecule has 2 aliphatic rings. The monoisotopic (exact) mass is 321 g/mol. The molecule has 0 radical (unpaired) electrons. The number of nitrogens with one attached hydrogen (secondary N) is 2. The van der Waals surface area contributed by atoms with E-state index in [9.17, 15) is 9.59 Å². The molecule has 8 heteroatoms. The highest BCUT2D eigenvalue weighted by molar-refractivity contribution is 5.75. The van der Waals surface area contributed by atoms with Gasteiger partial charge >= 0.3 is 12.1 Å². The summed E-state index contributed by atoms with van der Waals surface area (Å²) in [6, 6.07) is -0.189. The van der Waals surface area contributed by atoms with E-state index in [4.69, 9.17) is 4.74 Å². The smallest absolute Gasteiger partial charge is 0.407 e.